The number of nitrogens with zero attached hydrogens (tertiary/aromatic N) is 1. The molecule has 1 amide bonds. The maximum atomic E-state index is 11.4. The van der Waals surface area contributed by atoms with Crippen LogP contribution in [-0.4, -0.2) is 17.9 Å². The van der Waals surface area contributed by atoms with E-state index in [1.54, 1.807) is 6.20 Å². The molecule has 0 saturated carbocycles. The van der Waals surface area contributed by atoms with Crippen molar-refractivity contribution in [1.82, 2.24) is 10.3 Å². The SMILES string of the molecule is CNCc1cccnc1Oc1ccc2c(c1)CCC(=O)N2. The van der Waals surface area contributed by atoms with E-state index in [4.69, 9.17) is 4.74 Å². The first-order valence-corrected chi connectivity index (χ1v) is 6.95. The van der Waals surface area contributed by atoms with E-state index in [1.807, 2.05) is 37.4 Å². The second-order valence-corrected chi connectivity index (χ2v) is 4.97. The zero-order chi connectivity index (χ0) is 14.7. The number of pyridine rings is 1. The van der Waals surface area contributed by atoms with Crippen LogP contribution in [-0.2, 0) is 17.8 Å². The molecular weight excluding hydrogens is 266 g/mol. The topological polar surface area (TPSA) is 63.3 Å². The Balaban J connectivity index is 1.84. The molecule has 0 saturated heterocycles. The molecule has 5 nitrogen and oxygen atoms in total. The minimum absolute atomic E-state index is 0.0669. The summed E-state index contributed by atoms with van der Waals surface area (Å²) in [6, 6.07) is 9.57. The van der Waals surface area contributed by atoms with Crippen LogP contribution < -0.4 is 15.4 Å². The number of ether oxygens (including phenoxy) is 1. The molecular formula is C16H17N3O2. The third kappa shape index (κ3) is 3.03. The molecule has 1 aromatic heterocycles. The van der Waals surface area contributed by atoms with Crippen LogP contribution >= 0.6 is 0 Å². The monoisotopic (exact) mass is 283 g/mol. The van der Waals surface area contributed by atoms with Gasteiger partial charge in [-0.05, 0) is 43.3 Å². The number of rotatable bonds is 4. The highest BCUT2D eigenvalue weighted by Gasteiger charge is 2.15. The lowest BCUT2D eigenvalue weighted by molar-refractivity contribution is -0.116. The zero-order valence-electron chi connectivity index (χ0n) is 11.8. The summed E-state index contributed by atoms with van der Waals surface area (Å²) in [5.41, 5.74) is 2.97. The first-order chi connectivity index (χ1) is 10.3. The van der Waals surface area contributed by atoms with Gasteiger partial charge in [0, 0.05) is 30.4 Å². The smallest absolute Gasteiger partial charge is 0.224 e. The van der Waals surface area contributed by atoms with Crippen molar-refractivity contribution in [2.45, 2.75) is 19.4 Å². The third-order valence-electron chi connectivity index (χ3n) is 3.40. The maximum absolute atomic E-state index is 11.4. The Kier molecular flexibility index (Phi) is 3.83. The van der Waals surface area contributed by atoms with Gasteiger partial charge in [0.1, 0.15) is 5.75 Å². The minimum atomic E-state index is 0.0669. The number of carbonyl (C=O) groups excluding carboxylic acids is 1. The van der Waals surface area contributed by atoms with Gasteiger partial charge in [-0.25, -0.2) is 4.98 Å². The highest BCUT2D eigenvalue weighted by Crippen LogP contribution is 2.29. The highest BCUT2D eigenvalue weighted by molar-refractivity contribution is 5.94. The fourth-order valence-corrected chi connectivity index (χ4v) is 2.38. The van der Waals surface area contributed by atoms with E-state index in [9.17, 15) is 4.79 Å². The zero-order valence-corrected chi connectivity index (χ0v) is 11.8. The van der Waals surface area contributed by atoms with Gasteiger partial charge in [-0.2, -0.15) is 0 Å². The molecule has 1 aliphatic heterocycles. The molecule has 0 spiro atoms. The molecule has 2 heterocycles. The van der Waals surface area contributed by atoms with Crippen LogP contribution in [0, 0.1) is 0 Å². The molecule has 0 aliphatic carbocycles. The van der Waals surface area contributed by atoms with Gasteiger partial charge in [0.25, 0.3) is 0 Å². The molecule has 2 N–H and O–H groups in total. The van der Waals surface area contributed by atoms with Crippen molar-refractivity contribution in [3.05, 3.63) is 47.7 Å². The summed E-state index contributed by atoms with van der Waals surface area (Å²) in [5, 5.41) is 5.96. The summed E-state index contributed by atoms with van der Waals surface area (Å²) < 4.78 is 5.89. The van der Waals surface area contributed by atoms with Crippen molar-refractivity contribution in [3.63, 3.8) is 0 Å². The van der Waals surface area contributed by atoms with E-state index in [0.717, 1.165) is 29.0 Å². The lowest BCUT2D eigenvalue weighted by Gasteiger charge is -2.18. The molecule has 5 heteroatoms. The van der Waals surface area contributed by atoms with Crippen LogP contribution in [0.4, 0.5) is 5.69 Å². The lowest BCUT2D eigenvalue weighted by atomic mass is 10.0. The van der Waals surface area contributed by atoms with E-state index >= 15 is 0 Å². The van der Waals surface area contributed by atoms with Crippen molar-refractivity contribution in [3.8, 4) is 11.6 Å². The van der Waals surface area contributed by atoms with E-state index in [2.05, 4.69) is 15.6 Å². The molecule has 0 bridgehead atoms. The van der Waals surface area contributed by atoms with E-state index < -0.39 is 0 Å². The molecule has 0 fully saturated rings. The standard InChI is InChI=1S/C16H17N3O2/c1-17-10-12-3-2-8-18-16(12)21-13-5-6-14-11(9-13)4-7-15(20)19-14/h2-3,5-6,8-9,17H,4,7,10H2,1H3,(H,19,20). The number of aryl methyl sites for hydroxylation is 1. The van der Waals surface area contributed by atoms with Gasteiger partial charge < -0.3 is 15.4 Å². The Morgan fingerprint density at radius 1 is 1.33 bits per heavy atom. The lowest BCUT2D eigenvalue weighted by Crippen LogP contribution is -2.18. The summed E-state index contributed by atoms with van der Waals surface area (Å²) in [5.74, 6) is 1.41. The van der Waals surface area contributed by atoms with Crippen molar-refractivity contribution in [2.75, 3.05) is 12.4 Å². The Morgan fingerprint density at radius 2 is 2.24 bits per heavy atom. The summed E-state index contributed by atoms with van der Waals surface area (Å²) in [6.07, 6.45) is 2.97. The van der Waals surface area contributed by atoms with Gasteiger partial charge in [0.05, 0.1) is 0 Å². The summed E-state index contributed by atoms with van der Waals surface area (Å²) in [6.45, 7) is 0.699. The third-order valence-corrected chi connectivity index (χ3v) is 3.40. The van der Waals surface area contributed by atoms with Crippen LogP contribution in [0.3, 0.4) is 0 Å². The van der Waals surface area contributed by atoms with Crippen LogP contribution in [0.1, 0.15) is 17.5 Å². The highest BCUT2D eigenvalue weighted by atomic mass is 16.5. The number of carbonyl (C=O) groups is 1. The summed E-state index contributed by atoms with van der Waals surface area (Å²) in [4.78, 5) is 15.6. The van der Waals surface area contributed by atoms with Gasteiger partial charge in [-0.15, -0.1) is 0 Å². The average Bonchev–Trinajstić information content (AvgIpc) is 2.50. The van der Waals surface area contributed by atoms with Crippen molar-refractivity contribution in [2.24, 2.45) is 0 Å². The predicted molar refractivity (Wildman–Crippen MR) is 80.5 cm³/mol. The number of anilines is 1. The fourth-order valence-electron chi connectivity index (χ4n) is 2.38. The molecule has 0 atom stereocenters. The average molecular weight is 283 g/mol. The Labute approximate surface area is 123 Å². The van der Waals surface area contributed by atoms with Gasteiger partial charge >= 0.3 is 0 Å². The fraction of sp³-hybridized carbons (Fsp3) is 0.250. The van der Waals surface area contributed by atoms with Crippen LogP contribution in [0.5, 0.6) is 11.6 Å². The first-order valence-electron chi connectivity index (χ1n) is 6.95. The number of nitrogens with one attached hydrogen (secondary N) is 2. The number of fused-ring (bicyclic) bond motifs is 1. The van der Waals surface area contributed by atoms with Crippen molar-refractivity contribution >= 4 is 11.6 Å². The number of benzene rings is 1. The summed E-state index contributed by atoms with van der Waals surface area (Å²) >= 11 is 0. The Morgan fingerprint density at radius 3 is 3.10 bits per heavy atom. The molecule has 0 unspecified atom stereocenters. The van der Waals surface area contributed by atoms with Crippen molar-refractivity contribution in [1.29, 1.82) is 0 Å². The van der Waals surface area contributed by atoms with Gasteiger partial charge in [0.2, 0.25) is 11.8 Å². The van der Waals surface area contributed by atoms with Crippen LogP contribution in [0.15, 0.2) is 36.5 Å². The molecule has 108 valence electrons. The Bertz CT molecular complexity index is 670. The predicted octanol–water partition coefficient (Wildman–Crippen LogP) is 2.48. The van der Waals surface area contributed by atoms with E-state index in [1.165, 1.54) is 0 Å². The normalized spacial score (nSPS) is 13.5. The Hall–Kier alpha value is -2.40. The number of aromatic nitrogens is 1. The molecule has 1 aliphatic rings. The number of hydrogen-bond acceptors (Lipinski definition) is 4. The first kappa shape index (κ1) is 13.6. The number of amides is 1. The minimum Gasteiger partial charge on any atom is -0.439 e. The largest absolute Gasteiger partial charge is 0.439 e. The van der Waals surface area contributed by atoms with Crippen LogP contribution in [0.25, 0.3) is 0 Å². The number of hydrogen-bond donors (Lipinski definition) is 2. The maximum Gasteiger partial charge on any atom is 0.224 e. The van der Waals surface area contributed by atoms with Gasteiger partial charge in [-0.3, -0.25) is 4.79 Å². The van der Waals surface area contributed by atoms with Crippen molar-refractivity contribution < 1.29 is 9.53 Å². The van der Waals surface area contributed by atoms with E-state index in [-0.39, 0.29) is 5.91 Å². The second kappa shape index (κ2) is 5.93. The quantitative estimate of drug-likeness (QED) is 0.905. The molecule has 21 heavy (non-hydrogen) atoms. The van der Waals surface area contributed by atoms with Crippen LogP contribution in [0.2, 0.25) is 0 Å². The molecule has 2 aromatic rings. The van der Waals surface area contributed by atoms with E-state index in [0.29, 0.717) is 18.8 Å². The molecule has 1 aromatic carbocycles. The summed E-state index contributed by atoms with van der Waals surface area (Å²) in [7, 11) is 1.89. The molecule has 3 rings (SSSR count). The second-order valence-electron chi connectivity index (χ2n) is 4.97. The van der Waals surface area contributed by atoms with Gasteiger partial charge in [-0.1, -0.05) is 6.07 Å². The molecule has 0 radical (unpaired) electrons. The van der Waals surface area contributed by atoms with Gasteiger partial charge in [0.15, 0.2) is 0 Å².